The van der Waals surface area contributed by atoms with Gasteiger partial charge in [0.2, 0.25) is 17.7 Å². The van der Waals surface area contributed by atoms with Gasteiger partial charge in [0.1, 0.15) is 12.1 Å². The molecular weight excluding hydrogens is 360 g/mol. The fourth-order valence-electron chi connectivity index (χ4n) is 2.91. The monoisotopic (exact) mass is 388 g/mol. The summed E-state index contributed by atoms with van der Waals surface area (Å²) >= 11 is 5.61. The molecule has 0 aromatic heterocycles. The van der Waals surface area contributed by atoms with Crippen LogP contribution in [0.25, 0.3) is 0 Å². The smallest absolute Gasteiger partial charge is 0.245 e. The summed E-state index contributed by atoms with van der Waals surface area (Å²) in [6.07, 6.45) is 1.18. The number of nitrogens with zero attached hydrogens (tertiary/aromatic N) is 1. The van der Waals surface area contributed by atoms with Gasteiger partial charge in [-0.25, -0.2) is 0 Å². The van der Waals surface area contributed by atoms with Crippen LogP contribution in [0.15, 0.2) is 0 Å². The Kier molecular flexibility index (Phi) is 8.49. The van der Waals surface area contributed by atoms with E-state index in [9.17, 15) is 19.2 Å². The summed E-state index contributed by atoms with van der Waals surface area (Å²) in [4.78, 5) is 50.3. The van der Waals surface area contributed by atoms with E-state index in [1.807, 2.05) is 13.8 Å². The number of Topliss-reactive ketones (excluding diaryl/α,β-unsaturated/α-hetero) is 1. The topological polar surface area (TPSA) is 122 Å². The van der Waals surface area contributed by atoms with E-state index in [2.05, 4.69) is 10.6 Å². The van der Waals surface area contributed by atoms with Gasteiger partial charge in [-0.3, -0.25) is 19.2 Å². The Morgan fingerprint density at radius 1 is 1.15 bits per heavy atom. The van der Waals surface area contributed by atoms with Gasteiger partial charge in [0.05, 0.1) is 18.0 Å². The van der Waals surface area contributed by atoms with Crippen LogP contribution in [0.2, 0.25) is 0 Å². The Morgan fingerprint density at radius 3 is 2.27 bits per heavy atom. The Morgan fingerprint density at radius 2 is 1.77 bits per heavy atom. The molecule has 0 radical (unpaired) electrons. The van der Waals surface area contributed by atoms with E-state index in [1.165, 1.54) is 11.8 Å². The average molecular weight is 389 g/mol. The zero-order chi connectivity index (χ0) is 20.0. The largest absolute Gasteiger partial charge is 0.344 e. The summed E-state index contributed by atoms with van der Waals surface area (Å²) in [5.41, 5.74) is 5.49. The van der Waals surface area contributed by atoms with Gasteiger partial charge in [-0.15, -0.1) is 11.6 Å². The molecule has 0 aromatic carbocycles. The number of nitrogens with two attached hydrogens (primary N) is 1. The summed E-state index contributed by atoms with van der Waals surface area (Å²) in [6, 6.07) is -2.86. The van der Waals surface area contributed by atoms with Crippen LogP contribution in [0.4, 0.5) is 0 Å². The van der Waals surface area contributed by atoms with E-state index in [0.717, 1.165) is 0 Å². The van der Waals surface area contributed by atoms with Crippen molar-refractivity contribution < 1.29 is 19.2 Å². The third-order valence-corrected chi connectivity index (χ3v) is 4.69. The van der Waals surface area contributed by atoms with Crippen molar-refractivity contribution >= 4 is 35.1 Å². The molecule has 9 heteroatoms. The molecule has 1 rings (SSSR count). The predicted molar refractivity (Wildman–Crippen MR) is 98.5 cm³/mol. The number of amides is 3. The minimum atomic E-state index is -0.785. The quantitative estimate of drug-likeness (QED) is 0.496. The zero-order valence-electron chi connectivity index (χ0n) is 15.8. The molecule has 1 heterocycles. The SMILES string of the molecule is CC(C)[C@H](NC(=O)[C@H]1CCCN1C(=O)[C@@H](C)NC(=O)[C@H](C)N)C(=O)CCl. The van der Waals surface area contributed by atoms with Crippen LogP contribution in [-0.2, 0) is 19.2 Å². The molecule has 0 aromatic rings. The Balaban J connectivity index is 2.79. The highest BCUT2D eigenvalue weighted by Crippen LogP contribution is 2.19. The van der Waals surface area contributed by atoms with Crippen LogP contribution in [0.5, 0.6) is 0 Å². The highest BCUT2D eigenvalue weighted by atomic mass is 35.5. The molecule has 0 bridgehead atoms. The van der Waals surface area contributed by atoms with E-state index < -0.39 is 30.1 Å². The Hall–Kier alpha value is -1.67. The van der Waals surface area contributed by atoms with Crippen molar-refractivity contribution in [2.75, 3.05) is 12.4 Å². The number of ketones is 1. The number of likely N-dealkylation sites (tertiary alicyclic amines) is 1. The lowest BCUT2D eigenvalue weighted by molar-refractivity contribution is -0.141. The Labute approximate surface area is 159 Å². The third-order valence-electron chi connectivity index (χ3n) is 4.42. The second kappa shape index (κ2) is 9.87. The predicted octanol–water partition coefficient (Wildman–Crippen LogP) is -0.222. The van der Waals surface area contributed by atoms with E-state index in [4.69, 9.17) is 17.3 Å². The molecule has 8 nitrogen and oxygen atoms in total. The third kappa shape index (κ3) is 5.67. The summed E-state index contributed by atoms with van der Waals surface area (Å²) in [5, 5.41) is 5.26. The van der Waals surface area contributed by atoms with E-state index >= 15 is 0 Å². The summed E-state index contributed by atoms with van der Waals surface area (Å²) < 4.78 is 0. The molecule has 0 aliphatic carbocycles. The average Bonchev–Trinajstić information content (AvgIpc) is 3.07. The second-order valence-electron chi connectivity index (χ2n) is 7.04. The number of rotatable bonds is 8. The van der Waals surface area contributed by atoms with Crippen molar-refractivity contribution in [3.63, 3.8) is 0 Å². The lowest BCUT2D eigenvalue weighted by atomic mass is 10.00. The van der Waals surface area contributed by atoms with Crippen molar-refractivity contribution in [3.05, 3.63) is 0 Å². The van der Waals surface area contributed by atoms with Crippen LogP contribution >= 0.6 is 11.6 Å². The van der Waals surface area contributed by atoms with Crippen molar-refractivity contribution in [2.24, 2.45) is 11.7 Å². The van der Waals surface area contributed by atoms with Gasteiger partial charge in [-0.2, -0.15) is 0 Å². The van der Waals surface area contributed by atoms with Gasteiger partial charge >= 0.3 is 0 Å². The van der Waals surface area contributed by atoms with Gasteiger partial charge < -0.3 is 21.3 Å². The molecule has 1 aliphatic heterocycles. The number of halogens is 1. The number of hydrogen-bond acceptors (Lipinski definition) is 5. The summed E-state index contributed by atoms with van der Waals surface area (Å²) in [7, 11) is 0. The van der Waals surface area contributed by atoms with Gasteiger partial charge in [-0.05, 0) is 32.6 Å². The van der Waals surface area contributed by atoms with Gasteiger partial charge in [0.15, 0.2) is 5.78 Å². The first-order valence-electron chi connectivity index (χ1n) is 8.85. The summed E-state index contributed by atoms with van der Waals surface area (Å²) in [5.74, 6) is -1.71. The minimum Gasteiger partial charge on any atom is -0.344 e. The first-order chi connectivity index (χ1) is 12.1. The number of carbonyl (C=O) groups is 4. The lowest BCUT2D eigenvalue weighted by Crippen LogP contribution is -2.56. The van der Waals surface area contributed by atoms with Crippen molar-refractivity contribution in [1.82, 2.24) is 15.5 Å². The minimum absolute atomic E-state index is 0.111. The molecule has 0 unspecified atom stereocenters. The van der Waals surface area contributed by atoms with E-state index in [1.54, 1.807) is 6.92 Å². The van der Waals surface area contributed by atoms with E-state index in [0.29, 0.717) is 19.4 Å². The van der Waals surface area contributed by atoms with Crippen molar-refractivity contribution in [3.8, 4) is 0 Å². The lowest BCUT2D eigenvalue weighted by Gasteiger charge is -2.29. The van der Waals surface area contributed by atoms with E-state index in [-0.39, 0.29) is 29.4 Å². The molecule has 1 aliphatic rings. The number of carbonyl (C=O) groups excluding carboxylic acids is 4. The molecule has 4 N–H and O–H groups in total. The molecule has 1 saturated heterocycles. The molecule has 0 saturated carbocycles. The van der Waals surface area contributed by atoms with Crippen molar-refractivity contribution in [2.45, 2.75) is 64.7 Å². The van der Waals surface area contributed by atoms with Gasteiger partial charge in [-0.1, -0.05) is 13.8 Å². The van der Waals surface area contributed by atoms with Gasteiger partial charge in [0, 0.05) is 6.54 Å². The highest BCUT2D eigenvalue weighted by molar-refractivity contribution is 6.28. The number of nitrogens with one attached hydrogen (secondary N) is 2. The molecule has 4 atom stereocenters. The maximum atomic E-state index is 12.6. The molecule has 148 valence electrons. The van der Waals surface area contributed by atoms with Gasteiger partial charge in [0.25, 0.3) is 0 Å². The molecule has 3 amide bonds. The Bertz CT molecular complexity index is 553. The molecule has 0 spiro atoms. The highest BCUT2D eigenvalue weighted by Gasteiger charge is 2.38. The van der Waals surface area contributed by atoms with Crippen LogP contribution < -0.4 is 16.4 Å². The fourth-order valence-corrected chi connectivity index (χ4v) is 3.08. The van der Waals surface area contributed by atoms with Crippen molar-refractivity contribution in [1.29, 1.82) is 0 Å². The number of hydrogen-bond donors (Lipinski definition) is 3. The fraction of sp³-hybridized carbons (Fsp3) is 0.765. The molecular formula is C17H29ClN4O4. The van der Waals surface area contributed by atoms with Crippen LogP contribution in [-0.4, -0.2) is 65.0 Å². The van der Waals surface area contributed by atoms with Crippen LogP contribution in [0, 0.1) is 5.92 Å². The first-order valence-corrected chi connectivity index (χ1v) is 9.39. The molecule has 26 heavy (non-hydrogen) atoms. The normalized spacial score (nSPS) is 20.4. The maximum Gasteiger partial charge on any atom is 0.245 e. The standard InChI is InChI=1S/C17H29ClN4O4/c1-9(2)14(13(23)8-18)21-16(25)12-6-5-7-22(12)17(26)11(4)20-15(24)10(3)19/h9-12,14H,5-8,19H2,1-4H3,(H,20,24)(H,21,25)/t10-,11+,12+,14-/m0/s1. The second-order valence-corrected chi connectivity index (χ2v) is 7.31. The number of alkyl halides is 1. The summed E-state index contributed by atoms with van der Waals surface area (Å²) in [6.45, 7) is 7.14. The first kappa shape index (κ1) is 22.4. The zero-order valence-corrected chi connectivity index (χ0v) is 16.5. The van der Waals surface area contributed by atoms with Crippen LogP contribution in [0.3, 0.4) is 0 Å². The van der Waals surface area contributed by atoms with Crippen LogP contribution in [0.1, 0.15) is 40.5 Å². The maximum absolute atomic E-state index is 12.6. The molecule has 1 fully saturated rings.